The zero-order valence-electron chi connectivity index (χ0n) is 18.7. The van der Waals surface area contributed by atoms with Crippen LogP contribution in [0.15, 0.2) is 42.3 Å². The van der Waals surface area contributed by atoms with Crippen molar-refractivity contribution in [3.63, 3.8) is 0 Å². The molecular formula is C27H35NO2. The van der Waals surface area contributed by atoms with E-state index >= 15 is 0 Å². The molecule has 6 atom stereocenters. The molecule has 2 saturated carbocycles. The Balaban J connectivity index is 1.38. The van der Waals surface area contributed by atoms with Crippen molar-refractivity contribution in [1.29, 1.82) is 0 Å². The molecule has 1 aromatic rings. The Morgan fingerprint density at radius 2 is 1.97 bits per heavy atom. The average molecular weight is 406 g/mol. The highest BCUT2D eigenvalue weighted by Crippen LogP contribution is 2.66. The smallest absolute Gasteiger partial charge is 0.305 e. The maximum atomic E-state index is 11.8. The lowest BCUT2D eigenvalue weighted by molar-refractivity contribution is -0.150. The number of nitrogens with zero attached hydrogens (tertiary/aromatic N) is 1. The first-order valence-corrected chi connectivity index (χ1v) is 12.0. The maximum Gasteiger partial charge on any atom is 0.305 e. The fourth-order valence-electron chi connectivity index (χ4n) is 7.53. The summed E-state index contributed by atoms with van der Waals surface area (Å²) in [6.45, 7) is 6.91. The van der Waals surface area contributed by atoms with E-state index < -0.39 is 0 Å². The minimum atomic E-state index is -0.0497. The van der Waals surface area contributed by atoms with Crippen molar-refractivity contribution in [2.45, 2.75) is 78.2 Å². The lowest BCUT2D eigenvalue weighted by Gasteiger charge is -2.57. The highest BCUT2D eigenvalue weighted by molar-refractivity contribution is 5.72. The van der Waals surface area contributed by atoms with E-state index in [1.54, 1.807) is 5.57 Å². The third-order valence-electron chi connectivity index (χ3n) is 9.20. The molecule has 0 aromatic carbocycles. The van der Waals surface area contributed by atoms with Crippen LogP contribution in [0.1, 0.15) is 77.7 Å². The zero-order chi connectivity index (χ0) is 20.9. The molecule has 5 rings (SSSR count). The summed E-state index contributed by atoms with van der Waals surface area (Å²) in [4.78, 5) is 16.2. The number of allylic oxidation sites excluding steroid dienone is 3. The van der Waals surface area contributed by atoms with Crippen LogP contribution in [0.25, 0.3) is 5.57 Å². The lowest BCUT2D eigenvalue weighted by Crippen LogP contribution is -2.50. The predicted octanol–water partition coefficient (Wildman–Crippen LogP) is 6.36. The molecule has 0 spiro atoms. The van der Waals surface area contributed by atoms with Gasteiger partial charge < -0.3 is 4.74 Å². The fourth-order valence-corrected chi connectivity index (χ4v) is 7.53. The van der Waals surface area contributed by atoms with Crippen LogP contribution < -0.4 is 0 Å². The number of fused-ring (bicyclic) bond motifs is 5. The lowest BCUT2D eigenvalue weighted by atomic mass is 9.47. The third-order valence-corrected chi connectivity index (χ3v) is 9.20. The molecule has 1 aromatic heterocycles. The van der Waals surface area contributed by atoms with E-state index in [0.29, 0.717) is 6.42 Å². The highest BCUT2D eigenvalue weighted by atomic mass is 16.5. The molecule has 4 aliphatic carbocycles. The average Bonchev–Trinajstić information content (AvgIpc) is 3.11. The van der Waals surface area contributed by atoms with E-state index in [9.17, 15) is 4.79 Å². The Bertz CT molecular complexity index is 887. The van der Waals surface area contributed by atoms with Crippen LogP contribution in [0.3, 0.4) is 0 Å². The van der Waals surface area contributed by atoms with Gasteiger partial charge in [-0.25, -0.2) is 0 Å². The number of pyridine rings is 1. The first kappa shape index (κ1) is 20.0. The molecule has 1 heterocycles. The first-order valence-electron chi connectivity index (χ1n) is 12.0. The van der Waals surface area contributed by atoms with Gasteiger partial charge in [0.05, 0.1) is 0 Å². The molecule has 0 radical (unpaired) electrons. The molecule has 2 fully saturated rings. The summed E-state index contributed by atoms with van der Waals surface area (Å²) in [6, 6.07) is 4.30. The third kappa shape index (κ3) is 2.99. The van der Waals surface area contributed by atoms with Crippen molar-refractivity contribution in [1.82, 2.24) is 4.98 Å². The molecule has 3 nitrogen and oxygen atoms in total. The van der Waals surface area contributed by atoms with Gasteiger partial charge in [-0.3, -0.25) is 9.78 Å². The molecule has 0 N–H and O–H groups in total. The van der Waals surface area contributed by atoms with Crippen molar-refractivity contribution < 1.29 is 9.53 Å². The van der Waals surface area contributed by atoms with Gasteiger partial charge in [0.1, 0.15) is 6.10 Å². The van der Waals surface area contributed by atoms with Crippen LogP contribution in [-0.4, -0.2) is 17.1 Å². The van der Waals surface area contributed by atoms with Crippen LogP contribution >= 0.6 is 0 Å². The van der Waals surface area contributed by atoms with Crippen LogP contribution in [0.5, 0.6) is 0 Å². The molecule has 3 heteroatoms. The predicted molar refractivity (Wildman–Crippen MR) is 119 cm³/mol. The highest BCUT2D eigenvalue weighted by Gasteiger charge is 2.57. The molecule has 0 saturated heterocycles. The van der Waals surface area contributed by atoms with Gasteiger partial charge in [0, 0.05) is 25.2 Å². The van der Waals surface area contributed by atoms with Gasteiger partial charge in [0.25, 0.3) is 0 Å². The number of carbonyl (C=O) groups excluding carboxylic acids is 1. The number of hydrogen-bond acceptors (Lipinski definition) is 3. The van der Waals surface area contributed by atoms with E-state index in [1.165, 1.54) is 36.8 Å². The minimum absolute atomic E-state index is 0.0497. The van der Waals surface area contributed by atoms with Crippen LogP contribution in [-0.2, 0) is 9.53 Å². The number of aromatic nitrogens is 1. The molecule has 30 heavy (non-hydrogen) atoms. The van der Waals surface area contributed by atoms with E-state index in [0.717, 1.165) is 37.0 Å². The SMILES string of the molecule is CCC(=O)O[C@H]1CC[C@@]2(C)C(=CC[C@@H]3C2CC[C@]2(C)C(c4cccnc4)=CCC32)C1. The van der Waals surface area contributed by atoms with E-state index in [-0.39, 0.29) is 22.9 Å². The summed E-state index contributed by atoms with van der Waals surface area (Å²) in [5.41, 5.74) is 4.99. The van der Waals surface area contributed by atoms with Gasteiger partial charge in [0.15, 0.2) is 0 Å². The second kappa shape index (κ2) is 7.35. The molecule has 2 unspecified atom stereocenters. The number of hydrogen-bond donors (Lipinski definition) is 0. The number of rotatable bonds is 3. The largest absolute Gasteiger partial charge is 0.462 e. The van der Waals surface area contributed by atoms with Crippen molar-refractivity contribution in [2.75, 3.05) is 0 Å². The monoisotopic (exact) mass is 405 g/mol. The van der Waals surface area contributed by atoms with Gasteiger partial charge >= 0.3 is 5.97 Å². The van der Waals surface area contributed by atoms with Crippen molar-refractivity contribution in [3.05, 3.63) is 47.8 Å². The summed E-state index contributed by atoms with van der Waals surface area (Å²) < 4.78 is 5.72. The normalized spacial score (nSPS) is 39.8. The van der Waals surface area contributed by atoms with E-state index in [1.807, 2.05) is 19.3 Å². The van der Waals surface area contributed by atoms with E-state index in [4.69, 9.17) is 4.74 Å². The Kier molecular flexibility index (Phi) is 4.91. The second-order valence-corrected chi connectivity index (χ2v) is 10.5. The summed E-state index contributed by atoms with van der Waals surface area (Å²) in [5, 5.41) is 0. The number of ether oxygens (including phenoxy) is 1. The molecule has 0 aliphatic heterocycles. The minimum Gasteiger partial charge on any atom is -0.462 e. The van der Waals surface area contributed by atoms with Gasteiger partial charge in [-0.15, -0.1) is 0 Å². The van der Waals surface area contributed by atoms with E-state index in [2.05, 4.69) is 43.1 Å². The molecule has 4 aliphatic rings. The molecular weight excluding hydrogens is 370 g/mol. The summed E-state index contributed by atoms with van der Waals surface area (Å²) in [5.74, 6) is 2.21. The Morgan fingerprint density at radius 3 is 2.73 bits per heavy atom. The van der Waals surface area contributed by atoms with Crippen molar-refractivity contribution >= 4 is 11.5 Å². The Labute approximate surface area is 181 Å². The summed E-state index contributed by atoms with van der Waals surface area (Å²) >= 11 is 0. The standard InChI is InChI=1S/C27H35NO2/c1-4-25(29)30-20-11-13-26(2)19(16-20)7-8-21-23-10-9-22(18-6-5-15-28-17-18)27(23,3)14-12-24(21)26/h5-7,9,15,17,20-21,23-24H,4,8,10-14,16H2,1-3H3/t20-,21-,23?,24?,26-,27+/m0/s1. The molecule has 160 valence electrons. The Hall–Kier alpha value is -1.90. The topological polar surface area (TPSA) is 39.2 Å². The van der Waals surface area contributed by atoms with Gasteiger partial charge in [0.2, 0.25) is 0 Å². The van der Waals surface area contributed by atoms with Gasteiger partial charge in [-0.05, 0) is 84.3 Å². The van der Waals surface area contributed by atoms with Gasteiger partial charge in [-0.2, -0.15) is 0 Å². The number of carbonyl (C=O) groups is 1. The molecule has 0 bridgehead atoms. The number of esters is 1. The summed E-state index contributed by atoms with van der Waals surface area (Å²) in [6.07, 6.45) is 17.7. The van der Waals surface area contributed by atoms with Crippen LogP contribution in [0, 0.1) is 28.6 Å². The quantitative estimate of drug-likeness (QED) is 0.434. The van der Waals surface area contributed by atoms with Gasteiger partial charge in [-0.1, -0.05) is 44.6 Å². The van der Waals surface area contributed by atoms with Crippen LogP contribution in [0.2, 0.25) is 0 Å². The maximum absolute atomic E-state index is 11.8. The van der Waals surface area contributed by atoms with Crippen molar-refractivity contribution in [3.8, 4) is 0 Å². The zero-order valence-corrected chi connectivity index (χ0v) is 18.7. The van der Waals surface area contributed by atoms with Crippen LogP contribution in [0.4, 0.5) is 0 Å². The summed E-state index contributed by atoms with van der Waals surface area (Å²) in [7, 11) is 0. The fraction of sp³-hybridized carbons (Fsp3) is 0.630. The van der Waals surface area contributed by atoms with Crippen molar-refractivity contribution in [2.24, 2.45) is 28.6 Å². The first-order chi connectivity index (χ1) is 14.5. The Morgan fingerprint density at radius 1 is 1.13 bits per heavy atom. The molecule has 0 amide bonds. The second-order valence-electron chi connectivity index (χ2n) is 10.5.